The Kier molecular flexibility index (Phi) is 6.56. The molecule has 7 heteroatoms. The number of ether oxygens (including phenoxy) is 1. The molecule has 0 saturated carbocycles. The van der Waals surface area contributed by atoms with E-state index in [1.54, 1.807) is 0 Å². The molecule has 0 heterocycles. The minimum Gasteiger partial charge on any atom is -0.489 e. The number of amides is 1. The Morgan fingerprint density at radius 1 is 0.966 bits per heavy atom. The number of carbonyl (C=O) groups is 1. The SMILES string of the molecule is CS(=O)(=O)c1ccc(Cl)c(C(=O)NCc2cccc(COc3ccccc3)c2)c1. The Morgan fingerprint density at radius 2 is 1.69 bits per heavy atom. The van der Waals surface area contributed by atoms with Crippen LogP contribution in [0.25, 0.3) is 0 Å². The van der Waals surface area contributed by atoms with E-state index in [2.05, 4.69) is 5.32 Å². The Morgan fingerprint density at radius 3 is 2.41 bits per heavy atom. The number of sulfone groups is 1. The third-order valence-corrected chi connectivity index (χ3v) is 5.64. The van der Waals surface area contributed by atoms with Crippen molar-refractivity contribution in [2.45, 2.75) is 18.0 Å². The molecule has 0 radical (unpaired) electrons. The second kappa shape index (κ2) is 9.11. The van der Waals surface area contributed by atoms with Crippen LogP contribution in [0.2, 0.25) is 5.02 Å². The molecule has 0 aromatic heterocycles. The molecule has 0 aliphatic heterocycles. The first-order valence-corrected chi connectivity index (χ1v) is 11.1. The summed E-state index contributed by atoms with van der Waals surface area (Å²) >= 11 is 6.08. The molecule has 3 aromatic carbocycles. The van der Waals surface area contributed by atoms with Crippen LogP contribution in [0.3, 0.4) is 0 Å². The third-order valence-electron chi connectivity index (χ3n) is 4.20. The predicted molar refractivity (Wildman–Crippen MR) is 113 cm³/mol. The average Bonchev–Trinajstić information content (AvgIpc) is 2.71. The summed E-state index contributed by atoms with van der Waals surface area (Å²) in [4.78, 5) is 12.5. The van der Waals surface area contributed by atoms with Gasteiger partial charge in [-0.25, -0.2) is 8.42 Å². The van der Waals surface area contributed by atoms with Gasteiger partial charge in [0, 0.05) is 12.8 Å². The molecule has 5 nitrogen and oxygen atoms in total. The van der Waals surface area contributed by atoms with Crippen molar-refractivity contribution in [2.24, 2.45) is 0 Å². The van der Waals surface area contributed by atoms with Crippen LogP contribution < -0.4 is 10.1 Å². The number of hydrogen-bond acceptors (Lipinski definition) is 4. The maximum Gasteiger partial charge on any atom is 0.253 e. The lowest BCUT2D eigenvalue weighted by Crippen LogP contribution is -2.23. The summed E-state index contributed by atoms with van der Waals surface area (Å²) in [6, 6.07) is 21.3. The molecule has 1 amide bonds. The molecule has 150 valence electrons. The number of benzene rings is 3. The molecule has 0 spiro atoms. The molecule has 0 saturated heterocycles. The normalized spacial score (nSPS) is 11.1. The van der Waals surface area contributed by atoms with Gasteiger partial charge in [-0.15, -0.1) is 0 Å². The van der Waals surface area contributed by atoms with Gasteiger partial charge < -0.3 is 10.1 Å². The van der Waals surface area contributed by atoms with Crippen LogP contribution in [0.1, 0.15) is 21.5 Å². The van der Waals surface area contributed by atoms with E-state index in [0.717, 1.165) is 23.1 Å². The highest BCUT2D eigenvalue weighted by molar-refractivity contribution is 7.90. The Balaban J connectivity index is 1.65. The van der Waals surface area contributed by atoms with E-state index in [4.69, 9.17) is 16.3 Å². The van der Waals surface area contributed by atoms with Crippen LogP contribution in [0.5, 0.6) is 5.75 Å². The number of rotatable bonds is 7. The third kappa shape index (κ3) is 5.82. The molecule has 1 N–H and O–H groups in total. The molecule has 0 unspecified atom stereocenters. The molecule has 0 fully saturated rings. The van der Waals surface area contributed by atoms with Gasteiger partial charge >= 0.3 is 0 Å². The highest BCUT2D eigenvalue weighted by Gasteiger charge is 2.15. The molecule has 0 bridgehead atoms. The van der Waals surface area contributed by atoms with E-state index in [0.29, 0.717) is 6.61 Å². The van der Waals surface area contributed by atoms with Crippen LogP contribution in [0.15, 0.2) is 77.7 Å². The smallest absolute Gasteiger partial charge is 0.253 e. The molecule has 0 aliphatic rings. The van der Waals surface area contributed by atoms with Crippen molar-refractivity contribution in [3.63, 3.8) is 0 Å². The Bertz CT molecular complexity index is 1110. The molecule has 0 atom stereocenters. The Hall–Kier alpha value is -2.83. The van der Waals surface area contributed by atoms with E-state index in [1.807, 2.05) is 54.6 Å². The van der Waals surface area contributed by atoms with Crippen molar-refractivity contribution in [1.82, 2.24) is 5.32 Å². The molecule has 3 rings (SSSR count). The van der Waals surface area contributed by atoms with Gasteiger partial charge in [0.15, 0.2) is 9.84 Å². The molecule has 29 heavy (non-hydrogen) atoms. The van der Waals surface area contributed by atoms with Crippen LogP contribution >= 0.6 is 11.6 Å². The van der Waals surface area contributed by atoms with Crippen molar-refractivity contribution < 1.29 is 17.9 Å². The van der Waals surface area contributed by atoms with E-state index in [9.17, 15) is 13.2 Å². The first-order valence-electron chi connectivity index (χ1n) is 8.86. The van der Waals surface area contributed by atoms with Crippen molar-refractivity contribution in [3.8, 4) is 5.75 Å². The number of nitrogens with one attached hydrogen (secondary N) is 1. The summed E-state index contributed by atoms with van der Waals surface area (Å²) in [5, 5.41) is 2.97. The van der Waals surface area contributed by atoms with Crippen LogP contribution in [-0.2, 0) is 23.0 Å². The summed E-state index contributed by atoms with van der Waals surface area (Å²) in [5.74, 6) is 0.345. The van der Waals surface area contributed by atoms with Crippen molar-refractivity contribution in [3.05, 3.63) is 94.5 Å². The summed E-state index contributed by atoms with van der Waals surface area (Å²) in [6.45, 7) is 0.686. The zero-order chi connectivity index (χ0) is 20.9. The second-order valence-electron chi connectivity index (χ2n) is 6.52. The Labute approximate surface area is 175 Å². The summed E-state index contributed by atoms with van der Waals surface area (Å²) < 4.78 is 29.2. The quantitative estimate of drug-likeness (QED) is 0.609. The van der Waals surface area contributed by atoms with Gasteiger partial charge in [0.1, 0.15) is 12.4 Å². The lowest BCUT2D eigenvalue weighted by molar-refractivity contribution is 0.0951. The van der Waals surface area contributed by atoms with Crippen molar-refractivity contribution in [2.75, 3.05) is 6.26 Å². The average molecular weight is 430 g/mol. The largest absolute Gasteiger partial charge is 0.489 e. The van der Waals surface area contributed by atoms with E-state index in [-0.39, 0.29) is 22.0 Å². The second-order valence-corrected chi connectivity index (χ2v) is 8.94. The van der Waals surface area contributed by atoms with Gasteiger partial charge in [0.05, 0.1) is 15.5 Å². The first kappa shape index (κ1) is 20.9. The lowest BCUT2D eigenvalue weighted by Gasteiger charge is -2.10. The zero-order valence-electron chi connectivity index (χ0n) is 15.8. The van der Waals surface area contributed by atoms with E-state index >= 15 is 0 Å². The number of halogens is 1. The van der Waals surface area contributed by atoms with Crippen LogP contribution in [-0.4, -0.2) is 20.6 Å². The standard InChI is InChI=1S/C22H20ClNO4S/c1-29(26,27)19-10-11-21(23)20(13-19)22(25)24-14-16-6-5-7-17(12-16)15-28-18-8-3-2-4-9-18/h2-13H,14-15H2,1H3,(H,24,25). The number of carbonyl (C=O) groups excluding carboxylic acids is 1. The van der Waals surface area contributed by atoms with Crippen LogP contribution in [0, 0.1) is 0 Å². The van der Waals surface area contributed by atoms with Gasteiger partial charge in [-0.1, -0.05) is 54.1 Å². The summed E-state index contributed by atoms with van der Waals surface area (Å²) in [6.07, 6.45) is 1.08. The van der Waals surface area contributed by atoms with E-state index in [1.165, 1.54) is 18.2 Å². The monoisotopic (exact) mass is 429 g/mol. The van der Waals surface area contributed by atoms with Gasteiger partial charge in [-0.05, 0) is 41.5 Å². The fraction of sp³-hybridized carbons (Fsp3) is 0.136. The number of hydrogen-bond donors (Lipinski definition) is 1. The molecular weight excluding hydrogens is 410 g/mol. The lowest BCUT2D eigenvalue weighted by atomic mass is 10.1. The maximum atomic E-state index is 12.5. The van der Waals surface area contributed by atoms with E-state index < -0.39 is 15.7 Å². The van der Waals surface area contributed by atoms with Crippen molar-refractivity contribution in [1.29, 1.82) is 0 Å². The van der Waals surface area contributed by atoms with Gasteiger partial charge in [-0.3, -0.25) is 4.79 Å². The highest BCUT2D eigenvalue weighted by atomic mass is 35.5. The summed E-state index contributed by atoms with van der Waals surface area (Å²) in [7, 11) is -3.43. The highest BCUT2D eigenvalue weighted by Crippen LogP contribution is 2.21. The van der Waals surface area contributed by atoms with Crippen LogP contribution in [0.4, 0.5) is 0 Å². The fourth-order valence-electron chi connectivity index (χ4n) is 2.70. The molecule has 0 aliphatic carbocycles. The van der Waals surface area contributed by atoms with Gasteiger partial charge in [0.2, 0.25) is 0 Å². The number of para-hydroxylation sites is 1. The summed E-state index contributed by atoms with van der Waals surface area (Å²) in [5.41, 5.74) is 1.98. The molecule has 3 aromatic rings. The minimum atomic E-state index is -3.43. The fourth-order valence-corrected chi connectivity index (χ4v) is 3.55. The first-order chi connectivity index (χ1) is 13.8. The molecular formula is C22H20ClNO4S. The maximum absolute atomic E-state index is 12.5. The zero-order valence-corrected chi connectivity index (χ0v) is 17.3. The topological polar surface area (TPSA) is 72.5 Å². The predicted octanol–water partition coefficient (Wildman–Crippen LogP) is 4.25. The van der Waals surface area contributed by atoms with Crippen molar-refractivity contribution >= 4 is 27.3 Å². The minimum absolute atomic E-state index is 0.0482. The van der Waals surface area contributed by atoms with Gasteiger partial charge in [-0.2, -0.15) is 0 Å². The van der Waals surface area contributed by atoms with Gasteiger partial charge in [0.25, 0.3) is 5.91 Å².